The molecule has 9 aromatic rings. The molecule has 9 rings (SSSR count). The van der Waals surface area contributed by atoms with Crippen molar-refractivity contribution in [2.24, 2.45) is 0 Å². The van der Waals surface area contributed by atoms with Crippen LogP contribution in [0.15, 0.2) is 279 Å². The Hall–Kier alpha value is -8.78. The molecule has 0 amide bonds. The molecule has 0 unspecified atom stereocenters. The van der Waals surface area contributed by atoms with Gasteiger partial charge in [0.2, 0.25) is 0 Å². The van der Waals surface area contributed by atoms with Crippen LogP contribution in [0.5, 0.6) is 0 Å². The maximum atomic E-state index is 2.33. The molecule has 0 fully saturated rings. The number of allylic oxidation sites excluding steroid dienone is 6. The largest absolute Gasteiger partial charge is 0.311 e. The van der Waals surface area contributed by atoms with Crippen molar-refractivity contribution in [3.63, 3.8) is 0 Å². The van der Waals surface area contributed by atoms with E-state index in [1.165, 1.54) is 61.2 Å². The summed E-state index contributed by atoms with van der Waals surface area (Å²) in [5.74, 6) is 0. The Balaban J connectivity index is 1.01. The van der Waals surface area contributed by atoms with Crippen molar-refractivity contribution in [3.8, 4) is 0 Å². The van der Waals surface area contributed by atoms with Gasteiger partial charge in [-0.05, 0) is 117 Å². The van der Waals surface area contributed by atoms with Crippen molar-refractivity contribution in [2.45, 2.75) is 13.8 Å². The number of hydrogen-bond acceptors (Lipinski definition) is 1. The summed E-state index contributed by atoms with van der Waals surface area (Å²) in [7, 11) is 0. The van der Waals surface area contributed by atoms with Crippen molar-refractivity contribution in [3.05, 3.63) is 340 Å². The molecular weight excluding hydrogens is 831 g/mol. The minimum Gasteiger partial charge on any atom is -0.311 e. The van der Waals surface area contributed by atoms with Crippen LogP contribution >= 0.6 is 0 Å². The second-order valence-corrected chi connectivity index (χ2v) is 17.1. The maximum Gasteiger partial charge on any atom is 0.0462 e. The predicted molar refractivity (Wildman–Crippen MR) is 298 cm³/mol. The molecule has 1 nitrogen and oxygen atoms in total. The maximum absolute atomic E-state index is 2.33. The van der Waals surface area contributed by atoms with E-state index in [9.17, 15) is 0 Å². The van der Waals surface area contributed by atoms with Gasteiger partial charge in [0.15, 0.2) is 0 Å². The lowest BCUT2D eigenvalue weighted by molar-refractivity contribution is 1.28. The Bertz CT molecular complexity index is 2950. The van der Waals surface area contributed by atoms with E-state index in [1.54, 1.807) is 0 Å². The van der Waals surface area contributed by atoms with Crippen molar-refractivity contribution in [1.29, 1.82) is 0 Å². The third-order valence-electron chi connectivity index (χ3n) is 12.2. The minimum absolute atomic E-state index is 1.07. The van der Waals surface area contributed by atoms with E-state index in [1.807, 2.05) is 0 Å². The molecule has 0 aliphatic heterocycles. The fourth-order valence-corrected chi connectivity index (χ4v) is 8.43. The van der Waals surface area contributed by atoms with Gasteiger partial charge in [-0.1, -0.05) is 272 Å². The standard InChI is InChI=1S/C68H55N/c1-52-32-42-61(43-33-52)68(62-44-34-53(2)35-45-62)31-17-20-56-40-50-65(51-41-56)69(63-46-36-54(37-47-63)18-15-29-66(57-21-7-3-8-22-57)58-23-9-4-10-24-58)64-48-38-55(39-49-64)19-16-30-67(59-25-11-5-12-26-59)60-27-13-6-14-28-60/h3-51H,1-2H3. The molecule has 0 bridgehead atoms. The first-order valence-corrected chi connectivity index (χ1v) is 23.7. The van der Waals surface area contributed by atoms with Crippen LogP contribution in [0.4, 0.5) is 17.1 Å². The van der Waals surface area contributed by atoms with Crippen LogP contribution in [0.2, 0.25) is 0 Å². The second kappa shape index (κ2) is 22.6. The number of nitrogens with zero attached hydrogens (tertiary/aromatic N) is 1. The highest BCUT2D eigenvalue weighted by atomic mass is 15.1. The van der Waals surface area contributed by atoms with E-state index >= 15 is 0 Å². The second-order valence-electron chi connectivity index (χ2n) is 17.1. The fraction of sp³-hybridized carbons (Fsp3) is 0.0294. The molecule has 0 aromatic heterocycles. The first-order chi connectivity index (χ1) is 34.0. The summed E-state index contributed by atoms with van der Waals surface area (Å²) < 4.78 is 0. The van der Waals surface area contributed by atoms with Crippen LogP contribution in [-0.2, 0) is 0 Å². The van der Waals surface area contributed by atoms with Gasteiger partial charge in [-0.3, -0.25) is 0 Å². The minimum atomic E-state index is 1.07. The van der Waals surface area contributed by atoms with Crippen molar-refractivity contribution in [1.82, 2.24) is 0 Å². The summed E-state index contributed by atoms with van der Waals surface area (Å²) in [6.07, 6.45) is 19.6. The summed E-state index contributed by atoms with van der Waals surface area (Å²) in [6.45, 7) is 4.26. The molecule has 332 valence electrons. The summed E-state index contributed by atoms with van der Waals surface area (Å²) in [4.78, 5) is 2.33. The van der Waals surface area contributed by atoms with E-state index in [2.05, 4.69) is 316 Å². The summed E-state index contributed by atoms with van der Waals surface area (Å²) in [6, 6.07) is 86.3. The monoisotopic (exact) mass is 885 g/mol. The number of rotatable bonds is 15. The number of aryl methyl sites for hydroxylation is 2. The Morgan fingerprint density at radius 3 is 0.739 bits per heavy atom. The summed E-state index contributed by atoms with van der Waals surface area (Å²) in [5, 5.41) is 0. The highest BCUT2D eigenvalue weighted by molar-refractivity contribution is 5.84. The zero-order valence-electron chi connectivity index (χ0n) is 39.2. The zero-order valence-corrected chi connectivity index (χ0v) is 39.2. The lowest BCUT2D eigenvalue weighted by Gasteiger charge is -2.26. The highest BCUT2D eigenvalue weighted by Gasteiger charge is 2.13. The molecule has 1 heteroatoms. The Labute approximate surface area is 409 Å². The van der Waals surface area contributed by atoms with Gasteiger partial charge in [0, 0.05) is 17.1 Å². The number of anilines is 3. The zero-order chi connectivity index (χ0) is 47.0. The molecule has 9 aromatic carbocycles. The van der Waals surface area contributed by atoms with E-state index in [0.29, 0.717) is 0 Å². The summed E-state index contributed by atoms with van der Waals surface area (Å²) >= 11 is 0. The SMILES string of the molecule is Cc1ccc(C(=CC=Cc2ccc(N(c3ccc(C=CC=C(c4ccccc4)c4ccccc4)cc3)c3ccc(C=CC=C(c4ccccc4)c4ccccc4)cc3)cc2)c2ccc(C)cc2)cc1. The third kappa shape index (κ3) is 12.0. The lowest BCUT2D eigenvalue weighted by Crippen LogP contribution is -2.09. The molecule has 0 radical (unpaired) electrons. The molecule has 0 atom stereocenters. The van der Waals surface area contributed by atoms with Gasteiger partial charge in [0.05, 0.1) is 0 Å². The van der Waals surface area contributed by atoms with Gasteiger partial charge in [0.25, 0.3) is 0 Å². The van der Waals surface area contributed by atoms with Gasteiger partial charge in [0.1, 0.15) is 0 Å². The molecule has 0 spiro atoms. The Kier molecular flexibility index (Phi) is 14.9. The van der Waals surface area contributed by atoms with Crippen LogP contribution in [0.1, 0.15) is 61.2 Å². The van der Waals surface area contributed by atoms with Gasteiger partial charge in [-0.25, -0.2) is 0 Å². The van der Waals surface area contributed by atoms with Crippen LogP contribution in [0.25, 0.3) is 34.9 Å². The molecule has 69 heavy (non-hydrogen) atoms. The van der Waals surface area contributed by atoms with Crippen molar-refractivity contribution >= 4 is 52.0 Å². The van der Waals surface area contributed by atoms with E-state index in [-0.39, 0.29) is 0 Å². The smallest absolute Gasteiger partial charge is 0.0462 e. The molecule has 0 aliphatic rings. The normalized spacial score (nSPS) is 11.2. The van der Waals surface area contributed by atoms with Crippen LogP contribution < -0.4 is 4.90 Å². The first-order valence-electron chi connectivity index (χ1n) is 23.7. The van der Waals surface area contributed by atoms with Gasteiger partial charge >= 0.3 is 0 Å². The molecule has 0 saturated carbocycles. The molecular formula is C68H55N. The Morgan fingerprint density at radius 2 is 0.493 bits per heavy atom. The van der Waals surface area contributed by atoms with Gasteiger partial charge < -0.3 is 4.90 Å². The summed E-state index contributed by atoms with van der Waals surface area (Å²) in [5.41, 5.74) is 19.8. The quantitative estimate of drug-likeness (QED) is 0.0927. The van der Waals surface area contributed by atoms with Crippen LogP contribution in [0, 0.1) is 13.8 Å². The van der Waals surface area contributed by atoms with E-state index in [4.69, 9.17) is 0 Å². The van der Waals surface area contributed by atoms with Crippen LogP contribution in [-0.4, -0.2) is 0 Å². The average Bonchev–Trinajstić information content (AvgIpc) is 3.41. The average molecular weight is 886 g/mol. The lowest BCUT2D eigenvalue weighted by atomic mass is 9.96. The number of hydrogen-bond donors (Lipinski definition) is 0. The predicted octanol–water partition coefficient (Wildman–Crippen LogP) is 18.2. The Morgan fingerprint density at radius 1 is 0.261 bits per heavy atom. The van der Waals surface area contributed by atoms with E-state index in [0.717, 1.165) is 33.8 Å². The molecule has 0 heterocycles. The van der Waals surface area contributed by atoms with E-state index < -0.39 is 0 Å². The van der Waals surface area contributed by atoms with Crippen molar-refractivity contribution in [2.75, 3.05) is 4.90 Å². The third-order valence-corrected chi connectivity index (χ3v) is 12.2. The topological polar surface area (TPSA) is 3.24 Å². The van der Waals surface area contributed by atoms with Gasteiger partial charge in [-0.2, -0.15) is 0 Å². The highest BCUT2D eigenvalue weighted by Crippen LogP contribution is 2.36. The van der Waals surface area contributed by atoms with Crippen LogP contribution in [0.3, 0.4) is 0 Å². The number of benzene rings is 9. The van der Waals surface area contributed by atoms with Gasteiger partial charge in [-0.15, -0.1) is 0 Å². The molecule has 0 saturated heterocycles. The molecule has 0 N–H and O–H groups in total. The molecule has 0 aliphatic carbocycles. The van der Waals surface area contributed by atoms with Crippen molar-refractivity contribution < 1.29 is 0 Å². The first kappa shape index (κ1) is 45.4. The fourth-order valence-electron chi connectivity index (χ4n) is 8.43.